The van der Waals surface area contributed by atoms with E-state index in [0.29, 0.717) is 23.4 Å². The number of furan rings is 1. The normalized spacial score (nSPS) is 10.6. The number of aromatic nitrogens is 3. The van der Waals surface area contributed by atoms with Gasteiger partial charge in [-0.15, -0.1) is 5.10 Å². The van der Waals surface area contributed by atoms with E-state index in [1.807, 2.05) is 0 Å². The number of rotatable bonds is 3. The lowest BCUT2D eigenvalue weighted by atomic mass is 10.2. The molecule has 19 heavy (non-hydrogen) atoms. The molecule has 3 aromatic rings. The van der Waals surface area contributed by atoms with Crippen molar-refractivity contribution in [1.82, 2.24) is 15.0 Å². The number of carbonyl (C=O) groups is 1. The molecule has 5 nitrogen and oxygen atoms in total. The van der Waals surface area contributed by atoms with E-state index in [4.69, 9.17) is 4.42 Å². The Morgan fingerprint density at radius 1 is 1.21 bits per heavy atom. The zero-order chi connectivity index (χ0) is 13.2. The van der Waals surface area contributed by atoms with E-state index in [2.05, 4.69) is 10.3 Å². The quantitative estimate of drug-likeness (QED) is 0.676. The Morgan fingerprint density at radius 3 is 2.63 bits per heavy atom. The molecule has 0 aliphatic carbocycles. The Labute approximate surface area is 107 Å². The lowest BCUT2D eigenvalue weighted by Crippen LogP contribution is -1.99. The molecule has 0 unspecified atom stereocenters. The Kier molecular flexibility index (Phi) is 2.68. The van der Waals surface area contributed by atoms with Crippen molar-refractivity contribution in [2.75, 3.05) is 0 Å². The highest BCUT2D eigenvalue weighted by atomic mass is 19.1. The van der Waals surface area contributed by atoms with Gasteiger partial charge in [0, 0.05) is 0 Å². The van der Waals surface area contributed by atoms with Gasteiger partial charge in [-0.3, -0.25) is 4.79 Å². The zero-order valence-electron chi connectivity index (χ0n) is 9.65. The summed E-state index contributed by atoms with van der Waals surface area (Å²) in [6.45, 7) is 0. The molecule has 0 saturated heterocycles. The molecule has 0 aliphatic heterocycles. The summed E-state index contributed by atoms with van der Waals surface area (Å²) in [4.78, 5) is 11.0. The van der Waals surface area contributed by atoms with Crippen LogP contribution < -0.4 is 0 Å². The number of aldehydes is 1. The molecule has 0 amide bonds. The zero-order valence-corrected chi connectivity index (χ0v) is 9.65. The summed E-state index contributed by atoms with van der Waals surface area (Å²) in [5.41, 5.74) is 1.19. The van der Waals surface area contributed by atoms with Gasteiger partial charge in [0.2, 0.25) is 0 Å². The maximum absolute atomic E-state index is 12.9. The van der Waals surface area contributed by atoms with Crippen molar-refractivity contribution in [2.24, 2.45) is 0 Å². The van der Waals surface area contributed by atoms with Gasteiger partial charge in [0.25, 0.3) is 0 Å². The highest BCUT2D eigenvalue weighted by molar-refractivity contribution is 5.82. The summed E-state index contributed by atoms with van der Waals surface area (Å²) in [5, 5.41) is 7.68. The molecule has 0 radical (unpaired) electrons. The monoisotopic (exact) mass is 257 g/mol. The van der Waals surface area contributed by atoms with Crippen molar-refractivity contribution in [3.63, 3.8) is 0 Å². The van der Waals surface area contributed by atoms with Crippen LogP contribution in [0.25, 0.3) is 17.1 Å². The fraction of sp³-hybridized carbons (Fsp3) is 0. The van der Waals surface area contributed by atoms with E-state index in [1.54, 1.807) is 24.3 Å². The Hall–Kier alpha value is -2.76. The lowest BCUT2D eigenvalue weighted by Gasteiger charge is -2.04. The lowest BCUT2D eigenvalue weighted by molar-refractivity contribution is 0.111. The summed E-state index contributed by atoms with van der Waals surface area (Å²) in [6, 6.07) is 9.11. The number of hydrogen-bond donors (Lipinski definition) is 0. The molecule has 2 aromatic heterocycles. The molecular weight excluding hydrogens is 249 g/mol. The average Bonchev–Trinajstić information content (AvgIpc) is 3.07. The van der Waals surface area contributed by atoms with E-state index >= 15 is 0 Å². The largest absolute Gasteiger partial charge is 0.463 e. The molecule has 0 N–H and O–H groups in total. The molecule has 6 heteroatoms. The molecular formula is C13H8FN3O2. The highest BCUT2D eigenvalue weighted by Crippen LogP contribution is 2.24. The van der Waals surface area contributed by atoms with Crippen LogP contribution in [0.15, 0.2) is 47.1 Å². The first-order chi connectivity index (χ1) is 9.29. The molecule has 3 rings (SSSR count). The molecule has 2 heterocycles. The van der Waals surface area contributed by atoms with Crippen LogP contribution in [0.1, 0.15) is 10.5 Å². The molecule has 0 saturated carbocycles. The van der Waals surface area contributed by atoms with Crippen LogP contribution in [0.5, 0.6) is 0 Å². The minimum absolute atomic E-state index is 0.166. The molecule has 1 aromatic carbocycles. The first-order valence-electron chi connectivity index (χ1n) is 5.50. The van der Waals surface area contributed by atoms with Crippen LogP contribution in [0, 0.1) is 5.82 Å². The number of hydrogen-bond acceptors (Lipinski definition) is 4. The maximum Gasteiger partial charge on any atom is 0.172 e. The third-order valence-electron chi connectivity index (χ3n) is 2.63. The second-order valence-corrected chi connectivity index (χ2v) is 3.81. The van der Waals surface area contributed by atoms with Crippen molar-refractivity contribution in [2.45, 2.75) is 0 Å². The minimum Gasteiger partial charge on any atom is -0.463 e. The Bertz CT molecular complexity index is 702. The van der Waals surface area contributed by atoms with Crippen LogP contribution in [0.3, 0.4) is 0 Å². The minimum atomic E-state index is -0.348. The van der Waals surface area contributed by atoms with E-state index in [-0.39, 0.29) is 11.5 Å². The summed E-state index contributed by atoms with van der Waals surface area (Å²) in [6.07, 6.45) is 2.09. The van der Waals surface area contributed by atoms with Crippen molar-refractivity contribution in [3.05, 3.63) is 54.2 Å². The molecule has 0 spiro atoms. The third kappa shape index (κ3) is 1.93. The van der Waals surface area contributed by atoms with E-state index in [9.17, 15) is 9.18 Å². The Balaban J connectivity index is 2.19. The second kappa shape index (κ2) is 4.49. The predicted molar refractivity (Wildman–Crippen MR) is 64.4 cm³/mol. The van der Waals surface area contributed by atoms with Crippen molar-refractivity contribution in [1.29, 1.82) is 0 Å². The highest BCUT2D eigenvalue weighted by Gasteiger charge is 2.17. The summed E-state index contributed by atoms with van der Waals surface area (Å²) in [5.74, 6) is 0.121. The van der Waals surface area contributed by atoms with Gasteiger partial charge in [-0.05, 0) is 36.4 Å². The van der Waals surface area contributed by atoms with Gasteiger partial charge in [0.1, 0.15) is 11.5 Å². The van der Waals surface area contributed by atoms with Gasteiger partial charge in [0.15, 0.2) is 17.7 Å². The fourth-order valence-electron chi connectivity index (χ4n) is 1.78. The van der Waals surface area contributed by atoms with Crippen molar-refractivity contribution < 1.29 is 13.6 Å². The fourth-order valence-corrected chi connectivity index (χ4v) is 1.78. The van der Waals surface area contributed by atoms with Gasteiger partial charge in [-0.25, -0.2) is 9.07 Å². The van der Waals surface area contributed by atoms with Gasteiger partial charge >= 0.3 is 0 Å². The summed E-state index contributed by atoms with van der Waals surface area (Å²) < 4.78 is 19.6. The van der Waals surface area contributed by atoms with Crippen molar-refractivity contribution in [3.8, 4) is 17.1 Å². The van der Waals surface area contributed by atoms with Gasteiger partial charge in [-0.2, -0.15) is 0 Å². The standard InChI is InChI=1S/C13H8FN3O2/c14-9-3-5-10(6-4-9)17-13(11(8-18)15-16-17)12-2-1-7-19-12/h1-8H. The smallest absolute Gasteiger partial charge is 0.172 e. The van der Waals surface area contributed by atoms with Crippen LogP contribution >= 0.6 is 0 Å². The van der Waals surface area contributed by atoms with E-state index in [1.165, 1.54) is 23.1 Å². The maximum atomic E-state index is 12.9. The van der Waals surface area contributed by atoms with Gasteiger partial charge in [-0.1, -0.05) is 5.21 Å². The predicted octanol–water partition coefficient (Wildman–Crippen LogP) is 2.48. The van der Waals surface area contributed by atoms with Crippen LogP contribution in [-0.4, -0.2) is 21.3 Å². The topological polar surface area (TPSA) is 60.9 Å². The van der Waals surface area contributed by atoms with E-state index in [0.717, 1.165) is 0 Å². The number of benzene rings is 1. The average molecular weight is 257 g/mol. The van der Waals surface area contributed by atoms with Crippen LogP contribution in [0.4, 0.5) is 4.39 Å². The Morgan fingerprint density at radius 2 is 2.00 bits per heavy atom. The first kappa shape index (κ1) is 11.3. The second-order valence-electron chi connectivity index (χ2n) is 3.81. The number of nitrogens with zero attached hydrogens (tertiary/aromatic N) is 3. The molecule has 94 valence electrons. The first-order valence-corrected chi connectivity index (χ1v) is 5.50. The summed E-state index contributed by atoms with van der Waals surface area (Å²) >= 11 is 0. The van der Waals surface area contributed by atoms with E-state index < -0.39 is 0 Å². The molecule has 0 aliphatic rings. The number of carbonyl (C=O) groups excluding carboxylic acids is 1. The van der Waals surface area contributed by atoms with Crippen LogP contribution in [-0.2, 0) is 0 Å². The van der Waals surface area contributed by atoms with Crippen LogP contribution in [0.2, 0.25) is 0 Å². The SMILES string of the molecule is O=Cc1nnn(-c2ccc(F)cc2)c1-c1ccco1. The van der Waals surface area contributed by atoms with Gasteiger partial charge in [0.05, 0.1) is 12.0 Å². The molecule has 0 atom stereocenters. The molecule has 0 bridgehead atoms. The van der Waals surface area contributed by atoms with Crippen molar-refractivity contribution >= 4 is 6.29 Å². The number of halogens is 1. The molecule has 0 fully saturated rings. The van der Waals surface area contributed by atoms with Gasteiger partial charge < -0.3 is 4.42 Å². The third-order valence-corrected chi connectivity index (χ3v) is 2.63. The summed E-state index contributed by atoms with van der Waals surface area (Å²) in [7, 11) is 0.